The van der Waals surface area contributed by atoms with Gasteiger partial charge in [0.2, 0.25) is 0 Å². The lowest BCUT2D eigenvalue weighted by Crippen LogP contribution is -2.47. The third kappa shape index (κ3) is 1.82. The van der Waals surface area contributed by atoms with Crippen molar-refractivity contribution in [2.24, 2.45) is 5.73 Å². The first kappa shape index (κ1) is 10.1. The normalized spacial score (nSPS) is 38.5. The fourth-order valence-corrected chi connectivity index (χ4v) is 3.02. The Balaban J connectivity index is 2.22. The lowest BCUT2D eigenvalue weighted by atomic mass is 9.86. The molecule has 14 heavy (non-hydrogen) atoms. The second-order valence-electron chi connectivity index (χ2n) is 4.16. The van der Waals surface area contributed by atoms with Crippen LogP contribution in [0.2, 0.25) is 0 Å². The molecule has 2 unspecified atom stereocenters. The Bertz CT molecular complexity index is 289. The molecule has 1 saturated heterocycles. The molecule has 2 atom stereocenters. The lowest BCUT2D eigenvalue weighted by Gasteiger charge is -2.38. The fraction of sp³-hybridized carbons (Fsp3) is 0.700. The van der Waals surface area contributed by atoms with Crippen LogP contribution in [-0.4, -0.2) is 17.2 Å². The minimum Gasteiger partial charge on any atom is -0.375 e. The Hall–Kier alpha value is -0.450. The van der Waals surface area contributed by atoms with E-state index in [1.165, 1.54) is 0 Å². The van der Waals surface area contributed by atoms with Crippen molar-refractivity contribution >= 4 is 11.3 Å². The molecule has 0 saturated carbocycles. The Morgan fingerprint density at radius 1 is 1.50 bits per heavy atom. The highest BCUT2D eigenvalue weighted by atomic mass is 32.1. The van der Waals surface area contributed by atoms with Gasteiger partial charge in [0.05, 0.1) is 17.7 Å². The van der Waals surface area contributed by atoms with Gasteiger partial charge in [-0.2, -0.15) is 0 Å². The average Bonchev–Trinajstić information content (AvgIpc) is 2.52. The van der Waals surface area contributed by atoms with Crippen molar-refractivity contribution in [1.29, 1.82) is 0 Å². The fourth-order valence-electron chi connectivity index (χ4n) is 2.25. The smallest absolute Gasteiger partial charge is 0.113 e. The molecule has 0 bridgehead atoms. The summed E-state index contributed by atoms with van der Waals surface area (Å²) in [5, 5.41) is 3.02. The predicted molar refractivity (Wildman–Crippen MR) is 57.2 cm³/mol. The summed E-state index contributed by atoms with van der Waals surface area (Å²) >= 11 is 1.64. The van der Waals surface area contributed by atoms with Crippen molar-refractivity contribution in [3.63, 3.8) is 0 Å². The van der Waals surface area contributed by atoms with Gasteiger partial charge in [0.25, 0.3) is 0 Å². The summed E-state index contributed by atoms with van der Waals surface area (Å²) in [5.41, 5.74) is 6.10. The molecule has 0 radical (unpaired) electrons. The van der Waals surface area contributed by atoms with Crippen LogP contribution in [0.5, 0.6) is 0 Å². The number of nitrogens with zero attached hydrogens (tertiary/aromatic N) is 1. The summed E-state index contributed by atoms with van der Waals surface area (Å²) in [7, 11) is 0. The molecule has 0 amide bonds. The van der Waals surface area contributed by atoms with E-state index in [4.69, 9.17) is 10.5 Å². The van der Waals surface area contributed by atoms with Crippen LogP contribution in [-0.2, 0) is 10.3 Å². The highest BCUT2D eigenvalue weighted by Crippen LogP contribution is 2.35. The number of thiazole rings is 1. The quantitative estimate of drug-likeness (QED) is 0.773. The summed E-state index contributed by atoms with van der Waals surface area (Å²) in [6.45, 7) is 4.15. The second kappa shape index (κ2) is 3.61. The molecule has 2 rings (SSSR count). The highest BCUT2D eigenvalue weighted by molar-refractivity contribution is 7.09. The standard InChI is InChI=1S/C10H16N2OS/c1-7-5-10(11,6-8(2)13-7)9-12-3-4-14-9/h3-4,7-8H,5-6,11H2,1-2H3. The van der Waals surface area contributed by atoms with Gasteiger partial charge in [-0.15, -0.1) is 11.3 Å². The molecule has 1 aliphatic rings. The average molecular weight is 212 g/mol. The first-order chi connectivity index (χ1) is 6.60. The van der Waals surface area contributed by atoms with Gasteiger partial charge in [0, 0.05) is 11.6 Å². The van der Waals surface area contributed by atoms with Gasteiger partial charge in [-0.25, -0.2) is 4.98 Å². The number of hydrogen-bond acceptors (Lipinski definition) is 4. The minimum absolute atomic E-state index is 0.229. The number of nitrogens with two attached hydrogens (primary N) is 1. The molecule has 1 aromatic rings. The van der Waals surface area contributed by atoms with Crippen LogP contribution in [0.15, 0.2) is 11.6 Å². The number of aromatic nitrogens is 1. The molecular weight excluding hydrogens is 196 g/mol. The molecule has 0 aromatic carbocycles. The molecule has 1 aliphatic heterocycles. The maximum Gasteiger partial charge on any atom is 0.113 e. The number of hydrogen-bond donors (Lipinski definition) is 1. The topological polar surface area (TPSA) is 48.1 Å². The Kier molecular flexibility index (Phi) is 2.60. The van der Waals surface area contributed by atoms with Crippen molar-refractivity contribution in [2.45, 2.75) is 44.4 Å². The van der Waals surface area contributed by atoms with Crippen LogP contribution in [0.25, 0.3) is 0 Å². The summed E-state index contributed by atoms with van der Waals surface area (Å²) in [6.07, 6.45) is 4.01. The van der Waals surface area contributed by atoms with Gasteiger partial charge in [0.15, 0.2) is 0 Å². The van der Waals surface area contributed by atoms with Crippen molar-refractivity contribution in [3.8, 4) is 0 Å². The van der Waals surface area contributed by atoms with Crippen molar-refractivity contribution in [2.75, 3.05) is 0 Å². The first-order valence-corrected chi connectivity index (χ1v) is 5.82. The predicted octanol–water partition coefficient (Wildman–Crippen LogP) is 1.88. The van der Waals surface area contributed by atoms with Gasteiger partial charge in [0.1, 0.15) is 5.01 Å². The van der Waals surface area contributed by atoms with E-state index in [-0.39, 0.29) is 17.7 Å². The van der Waals surface area contributed by atoms with Crippen LogP contribution in [0.1, 0.15) is 31.7 Å². The monoisotopic (exact) mass is 212 g/mol. The van der Waals surface area contributed by atoms with E-state index >= 15 is 0 Å². The molecule has 2 heterocycles. The minimum atomic E-state index is -0.273. The maximum atomic E-state index is 6.37. The van der Waals surface area contributed by atoms with Crippen molar-refractivity contribution < 1.29 is 4.74 Å². The van der Waals surface area contributed by atoms with Gasteiger partial charge >= 0.3 is 0 Å². The largest absolute Gasteiger partial charge is 0.375 e. The summed E-state index contributed by atoms with van der Waals surface area (Å²) in [5.74, 6) is 0. The van der Waals surface area contributed by atoms with Crippen molar-refractivity contribution in [1.82, 2.24) is 4.98 Å². The Morgan fingerprint density at radius 2 is 2.14 bits per heavy atom. The van der Waals surface area contributed by atoms with E-state index < -0.39 is 0 Å². The molecular formula is C10H16N2OS. The number of ether oxygens (including phenoxy) is 1. The summed E-state index contributed by atoms with van der Waals surface area (Å²) in [4.78, 5) is 4.32. The molecule has 3 nitrogen and oxygen atoms in total. The van der Waals surface area contributed by atoms with E-state index in [0.717, 1.165) is 17.8 Å². The number of rotatable bonds is 1. The zero-order chi connectivity index (χ0) is 10.2. The first-order valence-electron chi connectivity index (χ1n) is 4.94. The Labute approximate surface area is 88.3 Å². The van der Waals surface area contributed by atoms with E-state index in [2.05, 4.69) is 18.8 Å². The third-order valence-electron chi connectivity index (χ3n) is 2.63. The summed E-state index contributed by atoms with van der Waals surface area (Å²) < 4.78 is 5.68. The third-order valence-corrected chi connectivity index (χ3v) is 3.62. The van der Waals surface area contributed by atoms with Crippen LogP contribution in [0.3, 0.4) is 0 Å². The van der Waals surface area contributed by atoms with Crippen LogP contribution < -0.4 is 5.73 Å². The zero-order valence-electron chi connectivity index (χ0n) is 8.56. The molecule has 1 aromatic heterocycles. The van der Waals surface area contributed by atoms with E-state index in [1.807, 2.05) is 11.6 Å². The van der Waals surface area contributed by atoms with E-state index in [9.17, 15) is 0 Å². The lowest BCUT2D eigenvalue weighted by molar-refractivity contribution is -0.0618. The van der Waals surface area contributed by atoms with Gasteiger partial charge in [-0.05, 0) is 26.7 Å². The molecule has 78 valence electrons. The highest BCUT2D eigenvalue weighted by Gasteiger charge is 2.38. The van der Waals surface area contributed by atoms with E-state index in [0.29, 0.717) is 0 Å². The maximum absolute atomic E-state index is 6.37. The van der Waals surface area contributed by atoms with Gasteiger partial charge < -0.3 is 10.5 Å². The van der Waals surface area contributed by atoms with E-state index in [1.54, 1.807) is 11.3 Å². The van der Waals surface area contributed by atoms with Crippen LogP contribution >= 0.6 is 11.3 Å². The van der Waals surface area contributed by atoms with Gasteiger partial charge in [-0.1, -0.05) is 0 Å². The molecule has 4 heteroatoms. The van der Waals surface area contributed by atoms with Gasteiger partial charge in [-0.3, -0.25) is 0 Å². The van der Waals surface area contributed by atoms with Crippen molar-refractivity contribution in [3.05, 3.63) is 16.6 Å². The molecule has 0 aliphatic carbocycles. The molecule has 1 fully saturated rings. The van der Waals surface area contributed by atoms with Crippen LogP contribution in [0.4, 0.5) is 0 Å². The summed E-state index contributed by atoms with van der Waals surface area (Å²) in [6, 6.07) is 0. The van der Waals surface area contributed by atoms with Crippen LogP contribution in [0, 0.1) is 0 Å². The zero-order valence-corrected chi connectivity index (χ0v) is 9.38. The Morgan fingerprint density at radius 3 is 2.64 bits per heavy atom. The SMILES string of the molecule is CC1CC(N)(c2nccs2)CC(C)O1. The second-order valence-corrected chi connectivity index (χ2v) is 5.05. The molecule has 2 N–H and O–H groups in total. The molecule has 0 spiro atoms.